The Kier molecular flexibility index (Phi) is 3.37. The van der Waals surface area contributed by atoms with E-state index in [9.17, 15) is 8.42 Å². The topological polar surface area (TPSA) is 84.2 Å². The molecule has 0 spiro atoms. The average molecular weight is 255 g/mol. The van der Waals surface area contributed by atoms with E-state index in [1.165, 1.54) is 7.05 Å². The summed E-state index contributed by atoms with van der Waals surface area (Å²) in [4.78, 5) is 0. The highest BCUT2D eigenvalue weighted by Crippen LogP contribution is 2.31. The summed E-state index contributed by atoms with van der Waals surface area (Å²) < 4.78 is 27.9. The minimum atomic E-state index is -3.40. The van der Waals surface area contributed by atoms with Crippen LogP contribution in [0, 0.1) is 0 Å². The van der Waals surface area contributed by atoms with E-state index in [4.69, 9.17) is 5.73 Å². The van der Waals surface area contributed by atoms with Crippen molar-refractivity contribution >= 4 is 15.9 Å². The summed E-state index contributed by atoms with van der Waals surface area (Å²) >= 11 is 0. The van der Waals surface area contributed by atoms with Gasteiger partial charge in [-0.15, -0.1) is 0 Å². The number of anilines is 1. The summed E-state index contributed by atoms with van der Waals surface area (Å²) in [6, 6.07) is 5.49. The normalized spacial score (nSPS) is 19.9. The molecule has 94 valence electrons. The molecule has 0 amide bonds. The molecule has 0 saturated carbocycles. The molecule has 2 rings (SSSR count). The number of benzene rings is 1. The van der Waals surface area contributed by atoms with Crippen molar-refractivity contribution < 1.29 is 8.42 Å². The summed E-state index contributed by atoms with van der Waals surface area (Å²) in [5, 5.41) is 0. The van der Waals surface area contributed by atoms with E-state index in [1.54, 1.807) is 0 Å². The maximum absolute atomic E-state index is 11.5. The molecule has 0 bridgehead atoms. The van der Waals surface area contributed by atoms with Crippen LogP contribution in [0.2, 0.25) is 0 Å². The molecule has 1 atom stereocenters. The zero-order chi connectivity index (χ0) is 12.5. The van der Waals surface area contributed by atoms with Gasteiger partial charge in [-0.1, -0.05) is 6.07 Å². The third kappa shape index (κ3) is 2.77. The molecule has 1 aliphatic rings. The van der Waals surface area contributed by atoms with Crippen molar-refractivity contribution in [2.45, 2.75) is 25.3 Å². The van der Waals surface area contributed by atoms with Crippen molar-refractivity contribution in [2.75, 3.05) is 12.8 Å². The zero-order valence-electron chi connectivity index (χ0n) is 9.73. The number of hydrogen-bond donors (Lipinski definition) is 3. The number of fused-ring (bicyclic) bond motifs is 1. The molecule has 0 heterocycles. The maximum Gasteiger partial charge on any atom is 0.277 e. The van der Waals surface area contributed by atoms with Crippen LogP contribution in [0.25, 0.3) is 0 Å². The Morgan fingerprint density at radius 1 is 1.41 bits per heavy atom. The Balaban J connectivity index is 2.29. The molecule has 1 unspecified atom stereocenters. The van der Waals surface area contributed by atoms with E-state index in [1.807, 2.05) is 18.2 Å². The molecule has 17 heavy (non-hydrogen) atoms. The Labute approximate surface area is 102 Å². The van der Waals surface area contributed by atoms with Crippen LogP contribution >= 0.6 is 0 Å². The molecule has 1 aromatic carbocycles. The van der Waals surface area contributed by atoms with E-state index in [0.717, 1.165) is 36.1 Å². The molecule has 4 N–H and O–H groups in total. The van der Waals surface area contributed by atoms with Gasteiger partial charge in [0.15, 0.2) is 0 Å². The lowest BCUT2D eigenvalue weighted by atomic mass is 9.88. The monoisotopic (exact) mass is 255 g/mol. The third-order valence-corrected chi connectivity index (χ3v) is 4.18. The van der Waals surface area contributed by atoms with Gasteiger partial charge in [0.25, 0.3) is 10.2 Å². The minimum absolute atomic E-state index is 0.156. The van der Waals surface area contributed by atoms with Crippen molar-refractivity contribution in [3.63, 3.8) is 0 Å². The van der Waals surface area contributed by atoms with E-state index in [2.05, 4.69) is 9.44 Å². The summed E-state index contributed by atoms with van der Waals surface area (Å²) in [5.41, 5.74) is 8.62. The van der Waals surface area contributed by atoms with Gasteiger partial charge in [-0.2, -0.15) is 13.1 Å². The van der Waals surface area contributed by atoms with Crippen LogP contribution in [0.15, 0.2) is 18.2 Å². The lowest BCUT2D eigenvalue weighted by Gasteiger charge is -2.26. The average Bonchev–Trinajstić information content (AvgIpc) is 2.28. The Hall–Kier alpha value is -1.11. The highest BCUT2D eigenvalue weighted by molar-refractivity contribution is 7.87. The fraction of sp³-hybridized carbons (Fsp3) is 0.455. The highest BCUT2D eigenvalue weighted by atomic mass is 32.2. The number of rotatable bonds is 3. The van der Waals surface area contributed by atoms with Crippen LogP contribution in [-0.4, -0.2) is 15.5 Å². The third-order valence-electron chi connectivity index (χ3n) is 3.05. The minimum Gasteiger partial charge on any atom is -0.399 e. The molecule has 0 saturated heterocycles. The van der Waals surface area contributed by atoms with Gasteiger partial charge in [0.05, 0.1) is 0 Å². The van der Waals surface area contributed by atoms with Crippen LogP contribution in [0.5, 0.6) is 0 Å². The van der Waals surface area contributed by atoms with Crippen LogP contribution in [-0.2, 0) is 16.6 Å². The van der Waals surface area contributed by atoms with Crippen LogP contribution < -0.4 is 15.2 Å². The van der Waals surface area contributed by atoms with E-state index < -0.39 is 10.2 Å². The zero-order valence-corrected chi connectivity index (χ0v) is 10.5. The van der Waals surface area contributed by atoms with Gasteiger partial charge >= 0.3 is 0 Å². The molecule has 1 aromatic rings. The van der Waals surface area contributed by atoms with E-state index in [-0.39, 0.29) is 6.04 Å². The van der Waals surface area contributed by atoms with Crippen LogP contribution in [0.4, 0.5) is 5.69 Å². The van der Waals surface area contributed by atoms with E-state index >= 15 is 0 Å². The van der Waals surface area contributed by atoms with Gasteiger partial charge < -0.3 is 5.73 Å². The highest BCUT2D eigenvalue weighted by Gasteiger charge is 2.23. The first-order valence-electron chi connectivity index (χ1n) is 5.61. The molecule has 5 nitrogen and oxygen atoms in total. The number of nitrogen functional groups attached to an aromatic ring is 1. The first-order valence-corrected chi connectivity index (χ1v) is 7.09. The first kappa shape index (κ1) is 12.3. The maximum atomic E-state index is 11.5. The van der Waals surface area contributed by atoms with Gasteiger partial charge in [-0.3, -0.25) is 0 Å². The second-order valence-electron chi connectivity index (χ2n) is 4.23. The number of hydrogen-bond acceptors (Lipinski definition) is 3. The Morgan fingerprint density at radius 2 is 2.18 bits per heavy atom. The molecule has 6 heteroatoms. The molecule has 0 radical (unpaired) electrons. The summed E-state index contributed by atoms with van der Waals surface area (Å²) in [6.45, 7) is 0. The van der Waals surface area contributed by atoms with Gasteiger partial charge in [0.1, 0.15) is 0 Å². The SMILES string of the molecule is CNS(=O)(=O)NC1CCCc2cc(N)ccc21. The van der Waals surface area contributed by atoms with Gasteiger partial charge in [0.2, 0.25) is 0 Å². The van der Waals surface area contributed by atoms with Gasteiger partial charge in [-0.05, 0) is 42.5 Å². The van der Waals surface area contributed by atoms with Crippen molar-refractivity contribution in [2.24, 2.45) is 0 Å². The number of nitrogens with one attached hydrogen (secondary N) is 2. The second kappa shape index (κ2) is 4.64. The predicted octanol–water partition coefficient (Wildman–Crippen LogP) is 0.700. The summed E-state index contributed by atoms with van der Waals surface area (Å²) in [6.07, 6.45) is 2.74. The van der Waals surface area contributed by atoms with Crippen molar-refractivity contribution in [1.29, 1.82) is 0 Å². The molecule has 1 aliphatic carbocycles. The Bertz CT molecular complexity index is 513. The fourth-order valence-electron chi connectivity index (χ4n) is 2.20. The summed E-state index contributed by atoms with van der Waals surface area (Å²) in [5.74, 6) is 0. The van der Waals surface area contributed by atoms with Crippen molar-refractivity contribution in [3.8, 4) is 0 Å². The van der Waals surface area contributed by atoms with E-state index in [0.29, 0.717) is 0 Å². The smallest absolute Gasteiger partial charge is 0.277 e. The molecule has 0 aliphatic heterocycles. The Morgan fingerprint density at radius 3 is 2.88 bits per heavy atom. The molecule has 0 fully saturated rings. The quantitative estimate of drug-likeness (QED) is 0.695. The van der Waals surface area contributed by atoms with Crippen molar-refractivity contribution in [3.05, 3.63) is 29.3 Å². The largest absolute Gasteiger partial charge is 0.399 e. The molecular weight excluding hydrogens is 238 g/mol. The lowest BCUT2D eigenvalue weighted by molar-refractivity contribution is 0.503. The standard InChI is InChI=1S/C11H17N3O2S/c1-13-17(15,16)14-11-4-2-3-8-7-9(12)5-6-10(8)11/h5-7,11,13-14H,2-4,12H2,1H3. The lowest BCUT2D eigenvalue weighted by Crippen LogP contribution is -2.38. The molecular formula is C11H17N3O2S. The predicted molar refractivity (Wildman–Crippen MR) is 67.6 cm³/mol. The summed E-state index contributed by atoms with van der Waals surface area (Å²) in [7, 11) is -2.01. The van der Waals surface area contributed by atoms with Gasteiger partial charge in [-0.25, -0.2) is 4.72 Å². The second-order valence-corrected chi connectivity index (χ2v) is 5.88. The number of nitrogens with two attached hydrogens (primary N) is 1. The number of aryl methyl sites for hydroxylation is 1. The van der Waals surface area contributed by atoms with Crippen LogP contribution in [0.1, 0.15) is 30.0 Å². The molecule has 0 aromatic heterocycles. The first-order chi connectivity index (χ1) is 8.02. The van der Waals surface area contributed by atoms with Crippen LogP contribution in [0.3, 0.4) is 0 Å². The van der Waals surface area contributed by atoms with Crippen molar-refractivity contribution in [1.82, 2.24) is 9.44 Å². The fourth-order valence-corrected chi connectivity index (χ4v) is 2.94. The van der Waals surface area contributed by atoms with Gasteiger partial charge in [0, 0.05) is 18.8 Å².